The quantitative estimate of drug-likeness (QED) is 0.469. The molecule has 0 heterocycles. The summed E-state index contributed by atoms with van der Waals surface area (Å²) in [6.07, 6.45) is 6.72. The van der Waals surface area contributed by atoms with Gasteiger partial charge < -0.3 is 0 Å². The second-order valence-corrected chi connectivity index (χ2v) is 5.38. The Hall–Kier alpha value is 1.44. The monoisotopic (exact) mass is 348 g/mol. The summed E-state index contributed by atoms with van der Waals surface area (Å²) in [7, 11) is 0. The van der Waals surface area contributed by atoms with Crippen molar-refractivity contribution in [3.63, 3.8) is 0 Å². The van der Waals surface area contributed by atoms with Crippen molar-refractivity contribution in [2.75, 3.05) is 10.7 Å². The van der Waals surface area contributed by atoms with Crippen LogP contribution in [0.15, 0.2) is 0 Å². The first-order valence-electron chi connectivity index (χ1n) is 4.07. The van der Waals surface area contributed by atoms with Gasteiger partial charge >= 0.3 is 0 Å². The highest BCUT2D eigenvalue weighted by Gasteiger charge is 1.99. The van der Waals surface area contributed by atoms with Crippen molar-refractivity contribution < 1.29 is 0 Å². The van der Waals surface area contributed by atoms with E-state index in [0.29, 0.717) is 4.83 Å². The first-order valence-corrected chi connectivity index (χ1v) is 7.23. The Bertz CT molecular complexity index is 75.7. The lowest BCUT2D eigenvalue weighted by atomic mass is 10.1. The second-order valence-electron chi connectivity index (χ2n) is 2.64. The van der Waals surface area contributed by atoms with Gasteiger partial charge in [-0.15, -0.1) is 0 Å². The highest BCUT2D eigenvalue weighted by atomic mass is 79.9. The van der Waals surface area contributed by atoms with Crippen LogP contribution < -0.4 is 0 Å². The summed E-state index contributed by atoms with van der Waals surface area (Å²) in [5, 5.41) is 2.23. The average molecular weight is 351 g/mol. The SMILES string of the molecule is BrCCCCCCC(Br)CBr. The molecule has 0 bridgehead atoms. The van der Waals surface area contributed by atoms with Crippen LogP contribution in [0.5, 0.6) is 0 Å². The Balaban J connectivity index is 2.89. The smallest absolute Gasteiger partial charge is 0.0242 e. The Morgan fingerprint density at radius 3 is 2.09 bits per heavy atom. The van der Waals surface area contributed by atoms with Crippen molar-refractivity contribution in [2.45, 2.75) is 36.9 Å². The maximum Gasteiger partial charge on any atom is 0.0242 e. The Kier molecular flexibility index (Phi) is 10.8. The highest BCUT2D eigenvalue weighted by molar-refractivity contribution is 9.12. The molecule has 0 aromatic carbocycles. The molecule has 0 aliphatic rings. The van der Waals surface area contributed by atoms with Crippen molar-refractivity contribution in [1.82, 2.24) is 0 Å². The molecular weight excluding hydrogens is 336 g/mol. The maximum atomic E-state index is 3.59. The third-order valence-corrected chi connectivity index (χ3v) is 4.56. The van der Waals surface area contributed by atoms with E-state index in [2.05, 4.69) is 47.8 Å². The molecule has 68 valence electrons. The van der Waals surface area contributed by atoms with E-state index in [1.807, 2.05) is 0 Å². The summed E-state index contributed by atoms with van der Waals surface area (Å²) in [5.74, 6) is 0. The van der Waals surface area contributed by atoms with Crippen LogP contribution in [-0.2, 0) is 0 Å². The topological polar surface area (TPSA) is 0 Å². The molecule has 0 aliphatic heterocycles. The van der Waals surface area contributed by atoms with Gasteiger partial charge in [-0.05, 0) is 12.8 Å². The zero-order valence-electron chi connectivity index (χ0n) is 6.66. The van der Waals surface area contributed by atoms with Crippen molar-refractivity contribution in [3.05, 3.63) is 0 Å². The summed E-state index contributed by atoms with van der Waals surface area (Å²) in [4.78, 5) is 0.673. The number of halogens is 3. The molecule has 0 radical (unpaired) electrons. The van der Waals surface area contributed by atoms with Gasteiger partial charge in [0.05, 0.1) is 0 Å². The molecule has 0 aromatic rings. The molecule has 0 aliphatic carbocycles. The van der Waals surface area contributed by atoms with E-state index in [9.17, 15) is 0 Å². The summed E-state index contributed by atoms with van der Waals surface area (Å²) in [6.45, 7) is 0. The van der Waals surface area contributed by atoms with E-state index in [0.717, 1.165) is 10.7 Å². The number of hydrogen-bond donors (Lipinski definition) is 0. The minimum atomic E-state index is 0.673. The predicted octanol–water partition coefficient (Wildman–Crippen LogP) is 4.49. The minimum absolute atomic E-state index is 0.673. The molecular formula is C8H15Br3. The first-order chi connectivity index (χ1) is 5.31. The van der Waals surface area contributed by atoms with Gasteiger partial charge in [0.1, 0.15) is 0 Å². The summed E-state index contributed by atoms with van der Waals surface area (Å²) in [5.41, 5.74) is 0. The van der Waals surface area contributed by atoms with Gasteiger partial charge in [0, 0.05) is 15.5 Å². The van der Waals surface area contributed by atoms with Gasteiger partial charge in [-0.2, -0.15) is 0 Å². The fraction of sp³-hybridized carbons (Fsp3) is 1.00. The number of alkyl halides is 3. The molecule has 0 spiro atoms. The van der Waals surface area contributed by atoms with E-state index in [1.54, 1.807) is 0 Å². The third kappa shape index (κ3) is 9.35. The second kappa shape index (κ2) is 9.53. The van der Waals surface area contributed by atoms with E-state index in [4.69, 9.17) is 0 Å². The zero-order valence-corrected chi connectivity index (χ0v) is 11.4. The zero-order chi connectivity index (χ0) is 8.53. The molecule has 3 heteroatoms. The van der Waals surface area contributed by atoms with Crippen molar-refractivity contribution >= 4 is 47.8 Å². The molecule has 0 saturated heterocycles. The lowest BCUT2D eigenvalue weighted by Crippen LogP contribution is -1.97. The molecule has 1 atom stereocenters. The molecule has 1 unspecified atom stereocenters. The molecule has 0 amide bonds. The van der Waals surface area contributed by atoms with Crippen LogP contribution in [0.25, 0.3) is 0 Å². The van der Waals surface area contributed by atoms with E-state index < -0.39 is 0 Å². The van der Waals surface area contributed by atoms with Crippen LogP contribution in [0, 0.1) is 0 Å². The summed E-state index contributed by atoms with van der Waals surface area (Å²) >= 11 is 10.5. The van der Waals surface area contributed by atoms with Crippen LogP contribution in [-0.4, -0.2) is 15.5 Å². The Labute approximate surface area is 94.9 Å². The third-order valence-electron chi connectivity index (χ3n) is 1.57. The normalized spacial score (nSPS) is 13.4. The van der Waals surface area contributed by atoms with Crippen molar-refractivity contribution in [1.29, 1.82) is 0 Å². The summed E-state index contributed by atoms with van der Waals surface area (Å²) < 4.78 is 0. The van der Waals surface area contributed by atoms with Crippen molar-refractivity contribution in [3.8, 4) is 0 Å². The molecule has 11 heavy (non-hydrogen) atoms. The number of hydrogen-bond acceptors (Lipinski definition) is 0. The largest absolute Gasteiger partial charge is 0.0928 e. The Morgan fingerprint density at radius 1 is 0.909 bits per heavy atom. The molecule has 0 fully saturated rings. The molecule has 0 saturated carbocycles. The predicted molar refractivity (Wildman–Crippen MR) is 63.4 cm³/mol. The van der Waals surface area contributed by atoms with Gasteiger partial charge in [-0.1, -0.05) is 67.1 Å². The molecule has 0 N–H and O–H groups in total. The summed E-state index contributed by atoms with van der Waals surface area (Å²) in [6, 6.07) is 0. The van der Waals surface area contributed by atoms with Gasteiger partial charge in [-0.25, -0.2) is 0 Å². The van der Waals surface area contributed by atoms with Crippen LogP contribution in [0.4, 0.5) is 0 Å². The molecule has 0 rings (SSSR count). The minimum Gasteiger partial charge on any atom is -0.0928 e. The standard InChI is InChI=1S/C8H15Br3/c9-6-4-2-1-3-5-8(11)7-10/h8H,1-7H2. The maximum absolute atomic E-state index is 3.59. The van der Waals surface area contributed by atoms with Crippen molar-refractivity contribution in [2.24, 2.45) is 0 Å². The van der Waals surface area contributed by atoms with Gasteiger partial charge in [0.2, 0.25) is 0 Å². The first kappa shape index (κ1) is 12.4. The van der Waals surface area contributed by atoms with Crippen LogP contribution in [0.1, 0.15) is 32.1 Å². The van der Waals surface area contributed by atoms with E-state index in [1.165, 1.54) is 32.1 Å². The van der Waals surface area contributed by atoms with Gasteiger partial charge in [0.25, 0.3) is 0 Å². The fourth-order valence-corrected chi connectivity index (χ4v) is 1.94. The van der Waals surface area contributed by atoms with E-state index in [-0.39, 0.29) is 0 Å². The highest BCUT2D eigenvalue weighted by Crippen LogP contribution is 2.13. The van der Waals surface area contributed by atoms with Crippen LogP contribution in [0.2, 0.25) is 0 Å². The number of rotatable bonds is 7. The average Bonchev–Trinajstić information content (AvgIpc) is 2.04. The van der Waals surface area contributed by atoms with Gasteiger partial charge in [0.15, 0.2) is 0 Å². The lowest BCUT2D eigenvalue weighted by Gasteiger charge is -2.04. The van der Waals surface area contributed by atoms with E-state index >= 15 is 0 Å². The molecule has 0 nitrogen and oxygen atoms in total. The van der Waals surface area contributed by atoms with Crippen LogP contribution in [0.3, 0.4) is 0 Å². The molecule has 0 aromatic heterocycles. The number of unbranched alkanes of at least 4 members (excludes halogenated alkanes) is 3. The Morgan fingerprint density at radius 2 is 1.55 bits per heavy atom. The van der Waals surface area contributed by atoms with Gasteiger partial charge in [-0.3, -0.25) is 0 Å². The van der Waals surface area contributed by atoms with Crippen LogP contribution >= 0.6 is 47.8 Å². The fourth-order valence-electron chi connectivity index (χ4n) is 0.891. The lowest BCUT2D eigenvalue weighted by molar-refractivity contribution is 0.639.